The quantitative estimate of drug-likeness (QED) is 0.821. The summed E-state index contributed by atoms with van der Waals surface area (Å²) in [6, 6.07) is 9.28. The number of rotatable bonds is 7. The van der Waals surface area contributed by atoms with Crippen LogP contribution < -0.4 is 10.6 Å². The SMILES string of the molecule is CC(=O)N[C@H](CC(=O)NCCc1ccccn1)c1cccs1. The van der Waals surface area contributed by atoms with Gasteiger partial charge in [-0.15, -0.1) is 11.3 Å². The van der Waals surface area contributed by atoms with Crippen molar-refractivity contribution < 1.29 is 9.59 Å². The second kappa shape index (κ2) is 8.29. The van der Waals surface area contributed by atoms with Gasteiger partial charge in [0.05, 0.1) is 12.5 Å². The predicted molar refractivity (Wildman–Crippen MR) is 86.4 cm³/mol. The molecule has 5 nitrogen and oxygen atoms in total. The first-order valence-corrected chi connectivity index (χ1v) is 8.00. The number of pyridine rings is 1. The van der Waals surface area contributed by atoms with Crippen LogP contribution in [0.2, 0.25) is 0 Å². The number of hydrogen-bond donors (Lipinski definition) is 2. The minimum absolute atomic E-state index is 0.0805. The Balaban J connectivity index is 1.82. The van der Waals surface area contributed by atoms with Crippen molar-refractivity contribution in [3.05, 3.63) is 52.5 Å². The molecule has 0 saturated carbocycles. The maximum Gasteiger partial charge on any atom is 0.222 e. The Morgan fingerprint density at radius 3 is 2.77 bits per heavy atom. The van der Waals surface area contributed by atoms with Gasteiger partial charge in [0, 0.05) is 36.7 Å². The first-order valence-electron chi connectivity index (χ1n) is 7.12. The average Bonchev–Trinajstić information content (AvgIpc) is 3.01. The number of hydrogen-bond acceptors (Lipinski definition) is 4. The highest BCUT2D eigenvalue weighted by Crippen LogP contribution is 2.21. The molecule has 0 aliphatic heterocycles. The Labute approximate surface area is 133 Å². The molecule has 0 bridgehead atoms. The summed E-state index contributed by atoms with van der Waals surface area (Å²) in [5.74, 6) is -0.220. The highest BCUT2D eigenvalue weighted by Gasteiger charge is 2.17. The third-order valence-corrected chi connectivity index (χ3v) is 4.07. The molecule has 2 N–H and O–H groups in total. The Kier molecular flexibility index (Phi) is 6.09. The van der Waals surface area contributed by atoms with Crippen LogP contribution in [-0.4, -0.2) is 23.3 Å². The van der Waals surface area contributed by atoms with Gasteiger partial charge in [-0.3, -0.25) is 14.6 Å². The van der Waals surface area contributed by atoms with Gasteiger partial charge >= 0.3 is 0 Å². The molecule has 1 atom stereocenters. The van der Waals surface area contributed by atoms with Crippen LogP contribution in [0.15, 0.2) is 41.9 Å². The number of carbonyl (C=O) groups is 2. The van der Waals surface area contributed by atoms with Gasteiger partial charge in [-0.2, -0.15) is 0 Å². The van der Waals surface area contributed by atoms with Gasteiger partial charge in [0.25, 0.3) is 0 Å². The number of thiophene rings is 1. The van der Waals surface area contributed by atoms with Gasteiger partial charge in [0.2, 0.25) is 11.8 Å². The molecule has 0 saturated heterocycles. The lowest BCUT2D eigenvalue weighted by Crippen LogP contribution is -2.33. The van der Waals surface area contributed by atoms with Crippen LogP contribution in [-0.2, 0) is 16.0 Å². The second-order valence-corrected chi connectivity index (χ2v) is 5.87. The highest BCUT2D eigenvalue weighted by atomic mass is 32.1. The molecule has 0 aliphatic carbocycles. The first-order chi connectivity index (χ1) is 10.6. The molecule has 0 radical (unpaired) electrons. The van der Waals surface area contributed by atoms with Crippen molar-refractivity contribution in [2.45, 2.75) is 25.8 Å². The fourth-order valence-corrected chi connectivity index (χ4v) is 2.87. The number of aromatic nitrogens is 1. The predicted octanol–water partition coefficient (Wildman–Crippen LogP) is 2.07. The van der Waals surface area contributed by atoms with Crippen LogP contribution in [0.5, 0.6) is 0 Å². The van der Waals surface area contributed by atoms with Gasteiger partial charge in [0.1, 0.15) is 0 Å². The lowest BCUT2D eigenvalue weighted by atomic mass is 10.1. The summed E-state index contributed by atoms with van der Waals surface area (Å²) >= 11 is 1.53. The fourth-order valence-electron chi connectivity index (χ4n) is 2.09. The lowest BCUT2D eigenvalue weighted by molar-refractivity contribution is -0.122. The molecule has 0 aliphatic rings. The van der Waals surface area contributed by atoms with Crippen molar-refractivity contribution in [2.24, 2.45) is 0 Å². The Morgan fingerprint density at radius 1 is 1.27 bits per heavy atom. The maximum absolute atomic E-state index is 12.0. The molecule has 6 heteroatoms. The summed E-state index contributed by atoms with van der Waals surface area (Å²) in [6.45, 7) is 1.99. The molecule has 0 spiro atoms. The molecule has 2 rings (SSSR count). The van der Waals surface area contributed by atoms with E-state index in [1.54, 1.807) is 6.20 Å². The van der Waals surface area contributed by atoms with Crippen molar-refractivity contribution in [2.75, 3.05) is 6.54 Å². The third kappa shape index (κ3) is 5.29. The van der Waals surface area contributed by atoms with E-state index in [-0.39, 0.29) is 24.3 Å². The lowest BCUT2D eigenvalue weighted by Gasteiger charge is -2.16. The second-order valence-electron chi connectivity index (χ2n) is 4.89. The molecular formula is C16H19N3O2S. The molecule has 0 fully saturated rings. The Bertz CT molecular complexity index is 599. The van der Waals surface area contributed by atoms with E-state index in [1.165, 1.54) is 18.3 Å². The van der Waals surface area contributed by atoms with Gasteiger partial charge in [-0.25, -0.2) is 0 Å². The minimum atomic E-state index is -0.271. The normalized spacial score (nSPS) is 11.7. The molecule has 22 heavy (non-hydrogen) atoms. The number of carbonyl (C=O) groups excluding carboxylic acids is 2. The molecule has 116 valence electrons. The van der Waals surface area contributed by atoms with E-state index in [4.69, 9.17) is 0 Å². The van der Waals surface area contributed by atoms with Crippen molar-refractivity contribution in [3.63, 3.8) is 0 Å². The molecule has 2 amide bonds. The summed E-state index contributed by atoms with van der Waals surface area (Å²) in [4.78, 5) is 28.5. The average molecular weight is 317 g/mol. The Hall–Kier alpha value is -2.21. The third-order valence-electron chi connectivity index (χ3n) is 3.08. The van der Waals surface area contributed by atoms with E-state index < -0.39 is 0 Å². The van der Waals surface area contributed by atoms with Crippen LogP contribution in [0, 0.1) is 0 Å². The number of amides is 2. The smallest absolute Gasteiger partial charge is 0.222 e. The van der Waals surface area contributed by atoms with E-state index in [1.807, 2.05) is 35.7 Å². The number of nitrogens with one attached hydrogen (secondary N) is 2. The van der Waals surface area contributed by atoms with Crippen molar-refractivity contribution in [1.82, 2.24) is 15.6 Å². The molecule has 2 aromatic rings. The summed E-state index contributed by atoms with van der Waals surface area (Å²) in [7, 11) is 0. The zero-order valence-corrected chi connectivity index (χ0v) is 13.2. The van der Waals surface area contributed by atoms with E-state index >= 15 is 0 Å². The van der Waals surface area contributed by atoms with Crippen LogP contribution >= 0.6 is 11.3 Å². The van der Waals surface area contributed by atoms with Crippen molar-refractivity contribution in [3.8, 4) is 0 Å². The number of nitrogens with zero attached hydrogens (tertiary/aromatic N) is 1. The largest absolute Gasteiger partial charge is 0.356 e. The fraction of sp³-hybridized carbons (Fsp3) is 0.312. The van der Waals surface area contributed by atoms with Gasteiger partial charge in [0.15, 0.2) is 0 Å². The zero-order chi connectivity index (χ0) is 15.8. The highest BCUT2D eigenvalue weighted by molar-refractivity contribution is 7.10. The minimum Gasteiger partial charge on any atom is -0.356 e. The standard InChI is InChI=1S/C16H19N3O2S/c1-12(20)19-14(15-6-4-10-22-15)11-16(21)18-9-7-13-5-2-3-8-17-13/h2-6,8,10,14H,7,9,11H2,1H3,(H,18,21)(H,19,20)/t14-/m1/s1. The maximum atomic E-state index is 12.0. The molecular weight excluding hydrogens is 298 g/mol. The van der Waals surface area contributed by atoms with E-state index in [9.17, 15) is 9.59 Å². The zero-order valence-electron chi connectivity index (χ0n) is 12.4. The van der Waals surface area contributed by atoms with E-state index in [0.717, 1.165) is 10.6 Å². The summed E-state index contributed by atoms with van der Waals surface area (Å²) in [5, 5.41) is 7.62. The molecule has 0 unspecified atom stereocenters. The first kappa shape index (κ1) is 16.2. The monoisotopic (exact) mass is 317 g/mol. The van der Waals surface area contributed by atoms with E-state index in [0.29, 0.717) is 13.0 Å². The summed E-state index contributed by atoms with van der Waals surface area (Å²) in [6.07, 6.45) is 2.67. The summed E-state index contributed by atoms with van der Waals surface area (Å²) < 4.78 is 0. The van der Waals surface area contributed by atoms with Crippen LogP contribution in [0.4, 0.5) is 0 Å². The molecule has 2 heterocycles. The Morgan fingerprint density at radius 2 is 2.14 bits per heavy atom. The van der Waals surface area contributed by atoms with Crippen LogP contribution in [0.25, 0.3) is 0 Å². The molecule has 0 aromatic carbocycles. The van der Waals surface area contributed by atoms with Gasteiger partial charge in [-0.1, -0.05) is 12.1 Å². The van der Waals surface area contributed by atoms with Gasteiger partial charge < -0.3 is 10.6 Å². The van der Waals surface area contributed by atoms with Gasteiger partial charge in [-0.05, 0) is 23.6 Å². The topological polar surface area (TPSA) is 71.1 Å². The van der Waals surface area contributed by atoms with E-state index in [2.05, 4.69) is 15.6 Å². The van der Waals surface area contributed by atoms with Crippen LogP contribution in [0.3, 0.4) is 0 Å². The van der Waals surface area contributed by atoms with Crippen LogP contribution in [0.1, 0.15) is 30.0 Å². The van der Waals surface area contributed by atoms with Crippen molar-refractivity contribution >= 4 is 23.2 Å². The summed E-state index contributed by atoms with van der Waals surface area (Å²) in [5.41, 5.74) is 0.944. The molecule has 2 aromatic heterocycles. The van der Waals surface area contributed by atoms with Crippen molar-refractivity contribution in [1.29, 1.82) is 0 Å².